The van der Waals surface area contributed by atoms with E-state index in [0.29, 0.717) is 23.2 Å². The number of hydrogen-bond acceptors (Lipinski definition) is 4. The second-order valence-corrected chi connectivity index (χ2v) is 6.43. The highest BCUT2D eigenvalue weighted by molar-refractivity contribution is 7.85. The quantitative estimate of drug-likeness (QED) is 0.833. The maximum absolute atomic E-state index is 12.0. The van der Waals surface area contributed by atoms with Gasteiger partial charge in [0.05, 0.1) is 14.2 Å². The molecule has 0 aliphatic carbocycles. The molecule has 108 valence electrons. The zero-order valence-electron chi connectivity index (χ0n) is 12.0. The largest absolute Gasteiger partial charge is 0.497 e. The Balaban J connectivity index is 2.85. The predicted molar refractivity (Wildman–Crippen MR) is 79.2 cm³/mol. The van der Waals surface area contributed by atoms with E-state index in [1.54, 1.807) is 14.2 Å². The lowest BCUT2D eigenvalue weighted by Crippen LogP contribution is -2.21. The summed E-state index contributed by atoms with van der Waals surface area (Å²) in [5.74, 6) is 2.93. The average molecular weight is 285 g/mol. The van der Waals surface area contributed by atoms with E-state index in [1.807, 2.05) is 18.2 Å². The van der Waals surface area contributed by atoms with Crippen LogP contribution in [0.2, 0.25) is 0 Å². The van der Waals surface area contributed by atoms with Gasteiger partial charge in [-0.15, -0.1) is 0 Å². The Morgan fingerprint density at radius 3 is 2.42 bits per heavy atom. The summed E-state index contributed by atoms with van der Waals surface area (Å²) in [5.41, 5.74) is 6.98. The fraction of sp³-hybridized carbons (Fsp3) is 0.571. The number of nitrogens with two attached hydrogens (primary N) is 1. The molecule has 0 spiro atoms. The number of ether oxygens (including phenoxy) is 2. The average Bonchev–Trinajstić information content (AvgIpc) is 2.36. The van der Waals surface area contributed by atoms with E-state index in [2.05, 4.69) is 13.8 Å². The van der Waals surface area contributed by atoms with E-state index >= 15 is 0 Å². The minimum Gasteiger partial charge on any atom is -0.497 e. The minimum atomic E-state index is -0.921. The zero-order valence-corrected chi connectivity index (χ0v) is 12.8. The molecule has 0 aromatic heterocycles. The first-order chi connectivity index (χ1) is 8.97. The Morgan fingerprint density at radius 1 is 1.21 bits per heavy atom. The number of hydrogen-bond donors (Lipinski definition) is 1. The van der Waals surface area contributed by atoms with E-state index < -0.39 is 10.8 Å². The van der Waals surface area contributed by atoms with Crippen LogP contribution in [0.25, 0.3) is 0 Å². The van der Waals surface area contributed by atoms with Crippen LogP contribution in [0.1, 0.15) is 25.5 Å². The molecule has 1 rings (SSSR count). The van der Waals surface area contributed by atoms with Crippen molar-refractivity contribution in [3.05, 3.63) is 23.8 Å². The molecule has 0 saturated heterocycles. The van der Waals surface area contributed by atoms with E-state index in [0.717, 1.165) is 11.3 Å². The fourth-order valence-electron chi connectivity index (χ4n) is 1.86. The van der Waals surface area contributed by atoms with Crippen LogP contribution in [0.15, 0.2) is 18.2 Å². The molecular weight excluding hydrogens is 262 g/mol. The zero-order chi connectivity index (χ0) is 14.4. The van der Waals surface area contributed by atoms with E-state index in [1.165, 1.54) is 0 Å². The Morgan fingerprint density at radius 2 is 1.89 bits per heavy atom. The lowest BCUT2D eigenvalue weighted by atomic mass is 10.1. The fourth-order valence-corrected chi connectivity index (χ4v) is 3.32. The molecule has 5 heteroatoms. The van der Waals surface area contributed by atoms with Crippen LogP contribution < -0.4 is 15.2 Å². The monoisotopic (exact) mass is 285 g/mol. The van der Waals surface area contributed by atoms with Gasteiger partial charge >= 0.3 is 0 Å². The smallest absolute Gasteiger partial charge is 0.123 e. The van der Waals surface area contributed by atoms with E-state index in [4.69, 9.17) is 15.2 Å². The molecule has 19 heavy (non-hydrogen) atoms. The Labute approximate surface area is 117 Å². The summed E-state index contributed by atoms with van der Waals surface area (Å²) >= 11 is 0. The first kappa shape index (κ1) is 16.0. The molecular formula is C14H23NO3S. The molecule has 0 radical (unpaired) electrons. The molecule has 1 aromatic carbocycles. The maximum Gasteiger partial charge on any atom is 0.123 e. The van der Waals surface area contributed by atoms with Crippen molar-refractivity contribution >= 4 is 10.8 Å². The lowest BCUT2D eigenvalue weighted by Gasteiger charge is -2.17. The van der Waals surface area contributed by atoms with E-state index in [9.17, 15) is 4.21 Å². The Bertz CT molecular complexity index is 435. The summed E-state index contributed by atoms with van der Waals surface area (Å²) in [6.45, 7) is 4.10. The van der Waals surface area contributed by atoms with Gasteiger partial charge in [0.15, 0.2) is 0 Å². The molecule has 4 nitrogen and oxygen atoms in total. The second-order valence-electron chi connectivity index (χ2n) is 4.88. The Hall–Kier alpha value is -1.07. The normalized spacial score (nSPS) is 14.2. The Kier molecular flexibility index (Phi) is 6.31. The van der Waals surface area contributed by atoms with Crippen molar-refractivity contribution in [2.75, 3.05) is 25.7 Å². The van der Waals surface area contributed by atoms with Gasteiger partial charge in [-0.05, 0) is 24.1 Å². The topological polar surface area (TPSA) is 61.6 Å². The molecule has 1 aromatic rings. The molecule has 0 amide bonds. The summed E-state index contributed by atoms with van der Waals surface area (Å²) in [7, 11) is 2.28. The molecule has 0 fully saturated rings. The highest BCUT2D eigenvalue weighted by Gasteiger charge is 2.16. The molecule has 0 heterocycles. The molecule has 2 unspecified atom stereocenters. The summed E-state index contributed by atoms with van der Waals surface area (Å²) in [4.78, 5) is 0. The second kappa shape index (κ2) is 7.50. The van der Waals surface area contributed by atoms with Crippen molar-refractivity contribution in [2.45, 2.75) is 19.9 Å². The number of methoxy groups -OCH3 is 2. The molecule has 2 atom stereocenters. The summed E-state index contributed by atoms with van der Waals surface area (Å²) < 4.78 is 22.4. The van der Waals surface area contributed by atoms with Gasteiger partial charge in [0.1, 0.15) is 11.5 Å². The SMILES string of the molecule is COc1ccc(OC)c(C(N)CS(=O)CC(C)C)c1. The highest BCUT2D eigenvalue weighted by atomic mass is 32.2. The van der Waals surface area contributed by atoms with Crippen molar-refractivity contribution in [1.82, 2.24) is 0 Å². The summed E-state index contributed by atoms with van der Waals surface area (Å²) in [6.07, 6.45) is 0. The van der Waals surface area contributed by atoms with Crippen molar-refractivity contribution < 1.29 is 13.7 Å². The van der Waals surface area contributed by atoms with Crippen LogP contribution in [0.3, 0.4) is 0 Å². The van der Waals surface area contributed by atoms with Crippen LogP contribution in [0, 0.1) is 5.92 Å². The molecule has 0 bridgehead atoms. The van der Waals surface area contributed by atoms with Crippen LogP contribution in [0.4, 0.5) is 0 Å². The molecule has 0 aliphatic heterocycles. The van der Waals surface area contributed by atoms with Crippen molar-refractivity contribution in [3.63, 3.8) is 0 Å². The van der Waals surface area contributed by atoms with Gasteiger partial charge in [-0.1, -0.05) is 13.8 Å². The molecule has 0 saturated carbocycles. The van der Waals surface area contributed by atoms with E-state index in [-0.39, 0.29) is 6.04 Å². The third kappa shape index (κ3) is 4.84. The summed E-state index contributed by atoms with van der Waals surface area (Å²) in [6, 6.07) is 5.17. The van der Waals surface area contributed by atoms with Gasteiger partial charge in [0.25, 0.3) is 0 Å². The predicted octanol–water partition coefficient (Wildman–Crippen LogP) is 2.11. The molecule has 2 N–H and O–H groups in total. The maximum atomic E-state index is 12.0. The summed E-state index contributed by atoms with van der Waals surface area (Å²) in [5, 5.41) is 0. The third-order valence-electron chi connectivity index (χ3n) is 2.72. The van der Waals surface area contributed by atoms with Crippen molar-refractivity contribution in [3.8, 4) is 11.5 Å². The standard InChI is InChI=1S/C14H23NO3S/c1-10(2)8-19(16)9-13(15)12-7-11(17-3)5-6-14(12)18-4/h5-7,10,13H,8-9,15H2,1-4H3. The first-order valence-corrected chi connectivity index (χ1v) is 7.79. The van der Waals surface area contributed by atoms with Crippen LogP contribution >= 0.6 is 0 Å². The van der Waals surface area contributed by atoms with Gasteiger partial charge < -0.3 is 15.2 Å². The number of benzene rings is 1. The number of rotatable bonds is 7. The minimum absolute atomic E-state index is 0.315. The van der Waals surface area contributed by atoms with Gasteiger partial charge in [-0.3, -0.25) is 4.21 Å². The highest BCUT2D eigenvalue weighted by Crippen LogP contribution is 2.28. The third-order valence-corrected chi connectivity index (χ3v) is 4.49. The van der Waals surface area contributed by atoms with Crippen LogP contribution in [-0.4, -0.2) is 29.9 Å². The van der Waals surface area contributed by atoms with Crippen LogP contribution in [0.5, 0.6) is 11.5 Å². The van der Waals surface area contributed by atoms with Gasteiger partial charge in [-0.2, -0.15) is 0 Å². The van der Waals surface area contributed by atoms with Crippen molar-refractivity contribution in [1.29, 1.82) is 0 Å². The van der Waals surface area contributed by atoms with Crippen molar-refractivity contribution in [2.24, 2.45) is 11.7 Å². The molecule has 0 aliphatic rings. The van der Waals surface area contributed by atoms with Gasteiger partial charge in [0, 0.05) is 33.9 Å². The first-order valence-electron chi connectivity index (χ1n) is 6.30. The van der Waals surface area contributed by atoms with Crippen LogP contribution in [-0.2, 0) is 10.8 Å². The lowest BCUT2D eigenvalue weighted by molar-refractivity contribution is 0.396. The van der Waals surface area contributed by atoms with Gasteiger partial charge in [0.2, 0.25) is 0 Å². The van der Waals surface area contributed by atoms with Gasteiger partial charge in [-0.25, -0.2) is 0 Å².